The predicted molar refractivity (Wildman–Crippen MR) is 144 cm³/mol. The summed E-state index contributed by atoms with van der Waals surface area (Å²) in [6.07, 6.45) is -1.08. The smallest absolute Gasteiger partial charge is 0.405 e. The number of aromatic nitrogens is 2. The highest BCUT2D eigenvalue weighted by molar-refractivity contribution is 6.00. The number of carbonyl (C=O) groups excluding carboxylic acids is 2. The molecule has 214 valence electrons. The lowest BCUT2D eigenvalue weighted by Crippen LogP contribution is -2.39. The Hall–Kier alpha value is -4.41. The number of alkyl halides is 3. The molecule has 41 heavy (non-hydrogen) atoms. The zero-order valence-corrected chi connectivity index (χ0v) is 22.2. The third-order valence-electron chi connectivity index (χ3n) is 7.20. The molecule has 1 saturated heterocycles. The van der Waals surface area contributed by atoms with Gasteiger partial charge in [0.15, 0.2) is 0 Å². The van der Waals surface area contributed by atoms with Crippen molar-refractivity contribution in [1.29, 1.82) is 0 Å². The molecular formula is C30H28F4N4O3. The van der Waals surface area contributed by atoms with Crippen LogP contribution in [-0.4, -0.2) is 52.3 Å². The molecule has 0 aliphatic carbocycles. The van der Waals surface area contributed by atoms with E-state index in [4.69, 9.17) is 4.74 Å². The van der Waals surface area contributed by atoms with Gasteiger partial charge in [0.25, 0.3) is 11.8 Å². The van der Waals surface area contributed by atoms with E-state index in [2.05, 4.69) is 5.10 Å². The van der Waals surface area contributed by atoms with Gasteiger partial charge in [-0.1, -0.05) is 0 Å². The van der Waals surface area contributed by atoms with E-state index in [0.29, 0.717) is 53.2 Å². The van der Waals surface area contributed by atoms with Crippen molar-refractivity contribution in [3.8, 4) is 11.5 Å². The molecule has 0 spiro atoms. The normalized spacial score (nSPS) is 14.3. The van der Waals surface area contributed by atoms with Crippen LogP contribution in [0.4, 0.5) is 17.6 Å². The number of carbonyl (C=O) groups is 2. The molecule has 4 aromatic rings. The van der Waals surface area contributed by atoms with Gasteiger partial charge in [0.05, 0.1) is 5.52 Å². The van der Waals surface area contributed by atoms with Gasteiger partial charge in [-0.2, -0.15) is 18.3 Å². The van der Waals surface area contributed by atoms with Crippen LogP contribution in [0.5, 0.6) is 11.5 Å². The number of likely N-dealkylation sites (tertiary alicyclic amines) is 1. The van der Waals surface area contributed by atoms with Crippen LogP contribution in [0.1, 0.15) is 39.1 Å². The van der Waals surface area contributed by atoms with E-state index in [1.165, 1.54) is 30.3 Å². The van der Waals surface area contributed by atoms with Crippen molar-refractivity contribution < 1.29 is 31.9 Å². The Morgan fingerprint density at radius 3 is 2.24 bits per heavy atom. The summed E-state index contributed by atoms with van der Waals surface area (Å²) in [6.45, 7) is 2.13. The number of nitrogens with one attached hydrogen (secondary N) is 1. The molecule has 11 heteroatoms. The summed E-state index contributed by atoms with van der Waals surface area (Å²) < 4.78 is 58.1. The number of hydrogen-bond acceptors (Lipinski definition) is 4. The average Bonchev–Trinajstić information content (AvgIpc) is 3.37. The summed E-state index contributed by atoms with van der Waals surface area (Å²) in [5.74, 6) is 0.146. The van der Waals surface area contributed by atoms with Crippen LogP contribution in [-0.2, 0) is 6.54 Å². The van der Waals surface area contributed by atoms with Crippen molar-refractivity contribution in [1.82, 2.24) is 20.0 Å². The highest BCUT2D eigenvalue weighted by atomic mass is 19.4. The van der Waals surface area contributed by atoms with E-state index >= 15 is 0 Å². The molecular weight excluding hydrogens is 540 g/mol. The molecule has 1 aromatic heterocycles. The number of halogens is 4. The second-order valence-corrected chi connectivity index (χ2v) is 10.1. The van der Waals surface area contributed by atoms with Gasteiger partial charge in [-0.3, -0.25) is 14.3 Å². The molecule has 1 fully saturated rings. The third-order valence-corrected chi connectivity index (χ3v) is 7.20. The molecule has 0 radical (unpaired) electrons. The minimum Gasteiger partial charge on any atom is -0.457 e. The molecule has 0 saturated carbocycles. The first-order valence-electron chi connectivity index (χ1n) is 13.2. The summed E-state index contributed by atoms with van der Waals surface area (Å²) >= 11 is 0. The van der Waals surface area contributed by atoms with Gasteiger partial charge in [0, 0.05) is 42.3 Å². The van der Waals surface area contributed by atoms with Gasteiger partial charge >= 0.3 is 6.18 Å². The molecule has 2 heterocycles. The molecule has 0 bridgehead atoms. The number of piperidine rings is 1. The lowest BCUT2D eigenvalue weighted by molar-refractivity contribution is -0.123. The van der Waals surface area contributed by atoms with Crippen LogP contribution in [0.15, 0.2) is 66.9 Å². The number of ether oxygens (including phenoxy) is 1. The number of nitrogens with zero attached hydrogens (tertiary/aromatic N) is 3. The van der Waals surface area contributed by atoms with E-state index in [1.807, 2.05) is 16.4 Å². The van der Waals surface area contributed by atoms with Crippen LogP contribution < -0.4 is 10.1 Å². The topological polar surface area (TPSA) is 76.5 Å². The fourth-order valence-electron chi connectivity index (χ4n) is 4.97. The van der Waals surface area contributed by atoms with Crippen molar-refractivity contribution in [2.45, 2.75) is 32.5 Å². The fraction of sp³-hybridized carbons (Fsp3) is 0.300. The molecule has 5 rings (SSSR count). The van der Waals surface area contributed by atoms with Crippen molar-refractivity contribution in [3.05, 3.63) is 89.4 Å². The standard InChI is InChI=1S/C30H28F4N4O3/c1-19-25(28(39)35-18-30(32,33)34)10-11-27-26(19)17-38(36-27)16-20-12-14-37(15-13-20)29(40)21-2-6-23(7-3-21)41-24-8-4-22(31)5-9-24/h2-11,17,20H,12-16,18H2,1H3,(H,35,39). The Morgan fingerprint density at radius 1 is 0.976 bits per heavy atom. The molecule has 1 aliphatic rings. The lowest BCUT2D eigenvalue weighted by Gasteiger charge is -2.32. The van der Waals surface area contributed by atoms with E-state index < -0.39 is 18.6 Å². The SMILES string of the molecule is Cc1c(C(=O)NCC(F)(F)F)ccc2nn(CC3CCN(C(=O)c4ccc(Oc5ccc(F)cc5)cc4)CC3)cc12. The van der Waals surface area contributed by atoms with Crippen LogP contribution in [0.3, 0.4) is 0 Å². The second kappa shape index (κ2) is 11.6. The predicted octanol–water partition coefficient (Wildman–Crippen LogP) is 6.12. The number of aryl methyl sites for hydroxylation is 1. The minimum atomic E-state index is -4.48. The van der Waals surface area contributed by atoms with E-state index in [1.54, 1.807) is 41.9 Å². The fourth-order valence-corrected chi connectivity index (χ4v) is 4.97. The number of benzene rings is 3. The summed E-state index contributed by atoms with van der Waals surface area (Å²) in [7, 11) is 0. The number of amides is 2. The van der Waals surface area contributed by atoms with Crippen molar-refractivity contribution in [3.63, 3.8) is 0 Å². The Labute approximate surface area is 233 Å². The zero-order chi connectivity index (χ0) is 29.1. The molecule has 0 atom stereocenters. The summed E-state index contributed by atoms with van der Waals surface area (Å²) in [6, 6.07) is 15.7. The lowest BCUT2D eigenvalue weighted by atomic mass is 9.96. The Balaban J connectivity index is 1.15. The molecule has 2 amide bonds. The van der Waals surface area contributed by atoms with Crippen LogP contribution in [0.2, 0.25) is 0 Å². The summed E-state index contributed by atoms with van der Waals surface area (Å²) in [4.78, 5) is 27.1. The molecule has 1 aliphatic heterocycles. The van der Waals surface area contributed by atoms with Crippen molar-refractivity contribution >= 4 is 22.7 Å². The number of fused-ring (bicyclic) bond motifs is 1. The maximum atomic E-state index is 13.1. The van der Waals surface area contributed by atoms with E-state index in [9.17, 15) is 27.2 Å². The Bertz CT molecular complexity index is 1540. The summed E-state index contributed by atoms with van der Waals surface area (Å²) in [5.41, 5.74) is 1.97. The third kappa shape index (κ3) is 6.85. The van der Waals surface area contributed by atoms with Gasteiger partial charge in [-0.05, 0) is 91.9 Å². The minimum absolute atomic E-state index is 0.0615. The molecule has 3 aromatic carbocycles. The van der Waals surface area contributed by atoms with Crippen LogP contribution in [0.25, 0.3) is 10.9 Å². The maximum absolute atomic E-state index is 13.1. The Kier molecular flexibility index (Phi) is 7.96. The number of rotatable bonds is 7. The van der Waals surface area contributed by atoms with Crippen LogP contribution in [0, 0.1) is 18.7 Å². The molecule has 0 unspecified atom stereocenters. The first-order valence-corrected chi connectivity index (χ1v) is 13.2. The first kappa shape index (κ1) is 28.1. The van der Waals surface area contributed by atoms with Gasteiger partial charge in [0.2, 0.25) is 0 Å². The van der Waals surface area contributed by atoms with Crippen LogP contribution >= 0.6 is 0 Å². The highest BCUT2D eigenvalue weighted by Gasteiger charge is 2.28. The largest absolute Gasteiger partial charge is 0.457 e. The van der Waals surface area contributed by atoms with E-state index in [0.717, 1.165) is 12.8 Å². The summed E-state index contributed by atoms with van der Waals surface area (Å²) in [5, 5.41) is 7.22. The zero-order valence-electron chi connectivity index (χ0n) is 22.2. The number of hydrogen-bond donors (Lipinski definition) is 1. The van der Waals surface area contributed by atoms with E-state index in [-0.39, 0.29) is 23.2 Å². The second-order valence-electron chi connectivity index (χ2n) is 10.1. The van der Waals surface area contributed by atoms with Gasteiger partial charge in [-0.15, -0.1) is 0 Å². The van der Waals surface area contributed by atoms with Gasteiger partial charge in [0.1, 0.15) is 23.9 Å². The molecule has 7 nitrogen and oxygen atoms in total. The maximum Gasteiger partial charge on any atom is 0.405 e. The van der Waals surface area contributed by atoms with Gasteiger partial charge < -0.3 is 15.0 Å². The van der Waals surface area contributed by atoms with Gasteiger partial charge in [-0.25, -0.2) is 4.39 Å². The highest BCUT2D eigenvalue weighted by Crippen LogP contribution is 2.26. The first-order chi connectivity index (χ1) is 19.6. The monoisotopic (exact) mass is 568 g/mol. The Morgan fingerprint density at radius 2 is 1.61 bits per heavy atom. The van der Waals surface area contributed by atoms with Crippen molar-refractivity contribution in [2.75, 3.05) is 19.6 Å². The molecule has 1 N–H and O–H groups in total. The van der Waals surface area contributed by atoms with Crippen molar-refractivity contribution in [2.24, 2.45) is 5.92 Å². The quantitative estimate of drug-likeness (QED) is 0.273. The average molecular weight is 569 g/mol.